The third kappa shape index (κ3) is 14.0. The van der Waals surface area contributed by atoms with Crippen LogP contribution >= 0.6 is 0 Å². The van der Waals surface area contributed by atoms with Gasteiger partial charge in [-0.2, -0.15) is 0 Å². The lowest BCUT2D eigenvalue weighted by Crippen LogP contribution is -2.60. The van der Waals surface area contributed by atoms with Crippen molar-refractivity contribution in [2.45, 2.75) is 149 Å². The van der Waals surface area contributed by atoms with Gasteiger partial charge in [0.1, 0.15) is 24.2 Å². The average molecular weight is 1050 g/mol. The van der Waals surface area contributed by atoms with Gasteiger partial charge in [-0.25, -0.2) is 0 Å². The number of hydrogen-bond acceptors (Lipinski definition) is 9. The van der Waals surface area contributed by atoms with E-state index in [1.165, 1.54) is 10.5 Å². The third-order valence-corrected chi connectivity index (χ3v) is 15.6. The van der Waals surface area contributed by atoms with Crippen LogP contribution in [0.2, 0.25) is 0 Å². The Morgan fingerprint density at radius 3 is 1.77 bits per heavy atom. The molecule has 0 spiro atoms. The molecule has 6 N–H and O–H groups in total. The topological polar surface area (TPSA) is 201 Å². The van der Waals surface area contributed by atoms with Crippen LogP contribution < -0.4 is 31.9 Å². The first-order valence-corrected chi connectivity index (χ1v) is 27.3. The lowest BCUT2D eigenvalue weighted by Gasteiger charge is -2.42. The van der Waals surface area contributed by atoms with Crippen molar-refractivity contribution in [2.75, 3.05) is 33.7 Å². The molecule has 7 rings (SSSR count). The molecule has 16 nitrogen and oxygen atoms in total. The van der Waals surface area contributed by atoms with Crippen LogP contribution in [0, 0.1) is 10.8 Å². The number of likely N-dealkylation sites (tertiary alicyclic amines) is 1. The number of aryl methyl sites for hydroxylation is 1. The van der Waals surface area contributed by atoms with E-state index in [1.54, 1.807) is 49.9 Å². The molecule has 412 valence electrons. The summed E-state index contributed by atoms with van der Waals surface area (Å²) in [6, 6.07) is 27.0. The Morgan fingerprint density at radius 1 is 0.636 bits per heavy atom. The van der Waals surface area contributed by atoms with Gasteiger partial charge in [0, 0.05) is 37.8 Å². The monoisotopic (exact) mass is 1050 g/mol. The van der Waals surface area contributed by atoms with E-state index >= 15 is 4.79 Å². The van der Waals surface area contributed by atoms with Gasteiger partial charge in [0.25, 0.3) is 5.91 Å². The quantitative estimate of drug-likeness (QED) is 0.0739. The van der Waals surface area contributed by atoms with Crippen LogP contribution in [0.15, 0.2) is 103 Å². The molecule has 1 aliphatic carbocycles. The highest BCUT2D eigenvalue weighted by molar-refractivity contribution is 5.97. The predicted octanol–water partition coefficient (Wildman–Crippen LogP) is 5.55. The summed E-state index contributed by atoms with van der Waals surface area (Å²) in [6.45, 7) is 15.6. The minimum absolute atomic E-state index is 0.0479. The molecule has 4 aromatic carbocycles. The van der Waals surface area contributed by atoms with E-state index in [0.29, 0.717) is 24.9 Å². The molecule has 3 aliphatic rings. The van der Waals surface area contributed by atoms with Gasteiger partial charge >= 0.3 is 0 Å². The molecular weight excluding hydrogens is 971 g/mol. The number of carbonyl (C=O) groups excluding carboxylic acids is 7. The Bertz CT molecular complexity index is 2750. The van der Waals surface area contributed by atoms with Crippen molar-refractivity contribution in [3.05, 3.63) is 142 Å². The first-order chi connectivity index (χ1) is 36.6. The molecule has 2 aliphatic heterocycles. The number of amides is 7. The molecule has 77 heavy (non-hydrogen) atoms. The largest absolute Gasteiger partial charge is 0.347 e. The molecule has 7 amide bonds. The fraction of sp³-hybridized carbons (Fsp3) is 0.492. The van der Waals surface area contributed by atoms with Gasteiger partial charge in [0.2, 0.25) is 35.4 Å². The zero-order chi connectivity index (χ0) is 55.8. The number of carbonyl (C=O) groups is 7. The van der Waals surface area contributed by atoms with Crippen LogP contribution in [0.1, 0.15) is 130 Å². The van der Waals surface area contributed by atoms with Crippen LogP contribution in [0.25, 0.3) is 0 Å². The predicted molar refractivity (Wildman–Crippen MR) is 298 cm³/mol. The molecule has 0 saturated carbocycles. The summed E-state index contributed by atoms with van der Waals surface area (Å²) in [5.41, 5.74) is 4.70. The van der Waals surface area contributed by atoms with Gasteiger partial charge in [-0.3, -0.25) is 33.6 Å². The van der Waals surface area contributed by atoms with Crippen molar-refractivity contribution in [3.63, 3.8) is 0 Å². The van der Waals surface area contributed by atoms with E-state index in [4.69, 9.17) is 0 Å². The SMILES string of the molecule is CN[C@@H](C)C(=O)N[C@H](C(=O)N1CCc2ccccc2[C@H]1C(=O)N(CCc1ccccc1)Cc1ccc(C(=O)NC2C[C@@H](C(=O)NC3CCCc4ccccc43)N(C(=O)[C@@H](NC(=O)[C@H](C)NC)C(C)(C)C)C2)cc1)C(C)(C)C. The van der Waals surface area contributed by atoms with Crippen LogP contribution in [-0.4, -0.2) is 126 Å². The maximum atomic E-state index is 15.4. The maximum Gasteiger partial charge on any atom is 0.251 e. The lowest BCUT2D eigenvalue weighted by molar-refractivity contribution is -0.151. The second-order valence-electron chi connectivity index (χ2n) is 23.3. The van der Waals surface area contributed by atoms with Crippen molar-refractivity contribution in [2.24, 2.45) is 10.8 Å². The molecule has 0 bridgehead atoms. The van der Waals surface area contributed by atoms with Crippen LogP contribution in [-0.2, 0) is 54.6 Å². The second-order valence-corrected chi connectivity index (χ2v) is 23.3. The summed E-state index contributed by atoms with van der Waals surface area (Å²) in [6.07, 6.45) is 3.83. The van der Waals surface area contributed by atoms with E-state index in [2.05, 4.69) is 38.0 Å². The molecule has 8 atom stereocenters. The van der Waals surface area contributed by atoms with Crippen molar-refractivity contribution in [3.8, 4) is 0 Å². The minimum atomic E-state index is -0.967. The second kappa shape index (κ2) is 25.0. The van der Waals surface area contributed by atoms with Crippen molar-refractivity contribution < 1.29 is 33.6 Å². The van der Waals surface area contributed by atoms with E-state index in [9.17, 15) is 28.8 Å². The summed E-state index contributed by atoms with van der Waals surface area (Å²) in [4.78, 5) is 105. The highest BCUT2D eigenvalue weighted by Gasteiger charge is 2.47. The van der Waals surface area contributed by atoms with E-state index in [-0.39, 0.29) is 61.6 Å². The smallest absolute Gasteiger partial charge is 0.251 e. The highest BCUT2D eigenvalue weighted by atomic mass is 16.2. The zero-order valence-electron chi connectivity index (χ0n) is 46.7. The van der Waals surface area contributed by atoms with E-state index < -0.39 is 64.9 Å². The molecule has 2 unspecified atom stereocenters. The first kappa shape index (κ1) is 57.8. The molecular formula is C61H81N9O7. The number of benzene rings is 4. The Labute approximate surface area is 455 Å². The molecule has 1 fully saturated rings. The summed E-state index contributed by atoms with van der Waals surface area (Å²) in [5, 5.41) is 18.2. The number of nitrogens with one attached hydrogen (secondary N) is 6. The fourth-order valence-corrected chi connectivity index (χ4v) is 10.7. The molecule has 0 radical (unpaired) electrons. The average Bonchev–Trinajstić information content (AvgIpc) is 3.85. The van der Waals surface area contributed by atoms with E-state index in [0.717, 1.165) is 47.1 Å². The van der Waals surface area contributed by atoms with Crippen LogP contribution in [0.4, 0.5) is 0 Å². The molecule has 1 saturated heterocycles. The van der Waals surface area contributed by atoms with Gasteiger partial charge in [-0.1, -0.05) is 133 Å². The zero-order valence-corrected chi connectivity index (χ0v) is 46.7. The summed E-state index contributed by atoms with van der Waals surface area (Å²) in [5.74, 6) is -2.38. The summed E-state index contributed by atoms with van der Waals surface area (Å²) in [7, 11) is 3.36. The third-order valence-electron chi connectivity index (χ3n) is 15.6. The van der Waals surface area contributed by atoms with Gasteiger partial charge in [0.15, 0.2) is 0 Å². The van der Waals surface area contributed by atoms with Crippen molar-refractivity contribution in [1.29, 1.82) is 0 Å². The number of nitrogens with zero attached hydrogens (tertiary/aromatic N) is 3. The molecule has 16 heteroatoms. The molecule has 2 heterocycles. The Kier molecular flexibility index (Phi) is 18.8. The lowest BCUT2D eigenvalue weighted by atomic mass is 9.83. The minimum Gasteiger partial charge on any atom is -0.347 e. The Hall–Kier alpha value is -6.91. The van der Waals surface area contributed by atoms with Crippen molar-refractivity contribution in [1.82, 2.24) is 46.6 Å². The first-order valence-electron chi connectivity index (χ1n) is 27.3. The Morgan fingerprint density at radius 2 is 1.18 bits per heavy atom. The molecule has 4 aromatic rings. The van der Waals surface area contributed by atoms with Crippen LogP contribution in [0.3, 0.4) is 0 Å². The Balaban J connectivity index is 1.13. The van der Waals surface area contributed by atoms with E-state index in [1.807, 2.05) is 126 Å². The number of rotatable bonds is 18. The van der Waals surface area contributed by atoms with Gasteiger partial charge < -0.3 is 46.6 Å². The summed E-state index contributed by atoms with van der Waals surface area (Å²) < 4.78 is 0. The summed E-state index contributed by atoms with van der Waals surface area (Å²) >= 11 is 0. The maximum absolute atomic E-state index is 15.4. The normalized spacial score (nSPS) is 19.8. The highest BCUT2D eigenvalue weighted by Crippen LogP contribution is 2.36. The van der Waals surface area contributed by atoms with Gasteiger partial charge in [0.05, 0.1) is 18.1 Å². The number of likely N-dealkylation sites (N-methyl/N-ethyl adjacent to an activating group) is 2. The number of fused-ring (bicyclic) bond motifs is 2. The number of hydrogen-bond donors (Lipinski definition) is 6. The van der Waals surface area contributed by atoms with Gasteiger partial charge in [-0.15, -0.1) is 0 Å². The van der Waals surface area contributed by atoms with Gasteiger partial charge in [-0.05, 0) is 123 Å². The fourth-order valence-electron chi connectivity index (χ4n) is 10.7. The van der Waals surface area contributed by atoms with Crippen molar-refractivity contribution >= 4 is 41.4 Å². The standard InChI is InChI=1S/C61H81N9O7/c1-38(62-9)53(71)66-51(60(3,4)5)58(76)69-34-32-43-22-15-17-25-47(43)50(69)57(75)68(33-31-40-19-12-11-13-20-40)36-41-27-29-44(30-28-41)55(73)64-45-35-49(56(74)65-48-26-18-23-42-21-14-16-24-46(42)48)70(37-45)59(77)52(61(6,7)8)67-54(72)39(2)63-10/h11-17,19-22,24-25,27-30,38-39,45,48-52,62-63H,18,23,26,31-37H2,1-10H3,(H,64,73)(H,65,74)(H,66,71)(H,67,72)/t38-,39-,45?,48?,49-,50-,51+,52+/m0/s1. The molecule has 0 aromatic heterocycles. The van der Waals surface area contributed by atoms with Crippen LogP contribution in [0.5, 0.6) is 0 Å².